The average Bonchev–Trinajstić information content (AvgIpc) is 2.33. The smallest absolute Gasteiger partial charge is 0.0621 e. The summed E-state index contributed by atoms with van der Waals surface area (Å²) in [5.41, 5.74) is 1.15. The van der Waals surface area contributed by atoms with Crippen LogP contribution in [0, 0.1) is 0 Å². The van der Waals surface area contributed by atoms with E-state index in [4.69, 9.17) is 4.74 Å². The summed E-state index contributed by atoms with van der Waals surface area (Å²) in [4.78, 5) is 0. The lowest BCUT2D eigenvalue weighted by Crippen LogP contribution is -2.43. The van der Waals surface area contributed by atoms with Crippen LogP contribution >= 0.6 is 15.9 Å². The Labute approximate surface area is 111 Å². The molecule has 1 aromatic carbocycles. The second kappa shape index (κ2) is 6.38. The molecule has 2 atom stereocenters. The summed E-state index contributed by atoms with van der Waals surface area (Å²) < 4.78 is 6.57. The Kier molecular flexibility index (Phi) is 4.83. The first kappa shape index (κ1) is 12.9. The minimum absolute atomic E-state index is 0.424. The molecule has 1 fully saturated rings. The van der Waals surface area contributed by atoms with Gasteiger partial charge in [-0.1, -0.05) is 12.1 Å². The van der Waals surface area contributed by atoms with Crippen LogP contribution in [0.15, 0.2) is 28.7 Å². The summed E-state index contributed by atoms with van der Waals surface area (Å²) in [5.74, 6) is 0. The molecule has 1 aliphatic rings. The van der Waals surface area contributed by atoms with E-state index in [1.807, 2.05) is 12.1 Å². The molecule has 1 aromatic rings. The van der Waals surface area contributed by atoms with E-state index in [0.717, 1.165) is 36.3 Å². The van der Waals surface area contributed by atoms with E-state index in [0.29, 0.717) is 12.1 Å². The second-order valence-electron chi connectivity index (χ2n) is 4.49. The lowest BCUT2D eigenvalue weighted by atomic mass is 10.1. The highest BCUT2D eigenvalue weighted by Gasteiger charge is 2.16. The lowest BCUT2D eigenvalue weighted by Gasteiger charge is -2.27. The number of hydrogen-bond acceptors (Lipinski definition) is 3. The predicted molar refractivity (Wildman–Crippen MR) is 74.5 cm³/mol. The fourth-order valence-electron chi connectivity index (χ4n) is 2.10. The zero-order chi connectivity index (χ0) is 12.1. The van der Waals surface area contributed by atoms with Gasteiger partial charge in [-0.3, -0.25) is 0 Å². The van der Waals surface area contributed by atoms with Crippen LogP contribution in [0.2, 0.25) is 0 Å². The van der Waals surface area contributed by atoms with Gasteiger partial charge in [-0.15, -0.1) is 0 Å². The summed E-state index contributed by atoms with van der Waals surface area (Å²) in [6.45, 7) is 4.83. The molecule has 0 aliphatic carbocycles. The number of anilines is 1. The van der Waals surface area contributed by atoms with E-state index in [1.54, 1.807) is 0 Å². The summed E-state index contributed by atoms with van der Waals surface area (Å²) in [7, 11) is 0. The highest BCUT2D eigenvalue weighted by Crippen LogP contribution is 2.22. The van der Waals surface area contributed by atoms with Crippen molar-refractivity contribution in [3.05, 3.63) is 28.7 Å². The molecule has 2 rings (SSSR count). The zero-order valence-corrected chi connectivity index (χ0v) is 11.7. The minimum Gasteiger partial charge on any atom is -0.382 e. The van der Waals surface area contributed by atoms with Crippen LogP contribution in [0.1, 0.15) is 13.3 Å². The third-order valence-electron chi connectivity index (χ3n) is 2.91. The van der Waals surface area contributed by atoms with Gasteiger partial charge in [0.15, 0.2) is 0 Å². The van der Waals surface area contributed by atoms with Gasteiger partial charge in [0.2, 0.25) is 0 Å². The molecule has 1 heterocycles. The van der Waals surface area contributed by atoms with Gasteiger partial charge in [0.25, 0.3) is 0 Å². The summed E-state index contributed by atoms with van der Waals surface area (Å²) in [6, 6.07) is 9.10. The number of nitrogens with one attached hydrogen (secondary N) is 2. The predicted octanol–water partition coefficient (Wildman–Crippen LogP) is 2.63. The molecule has 0 radical (unpaired) electrons. The third-order valence-corrected chi connectivity index (χ3v) is 3.60. The lowest BCUT2D eigenvalue weighted by molar-refractivity contribution is 0.0731. The Bertz CT molecular complexity index is 353. The van der Waals surface area contributed by atoms with Crippen molar-refractivity contribution in [3.63, 3.8) is 0 Å². The molecule has 2 unspecified atom stereocenters. The molecule has 0 spiro atoms. The summed E-state index contributed by atoms with van der Waals surface area (Å²) >= 11 is 3.55. The topological polar surface area (TPSA) is 33.3 Å². The number of benzene rings is 1. The van der Waals surface area contributed by atoms with Crippen molar-refractivity contribution < 1.29 is 4.74 Å². The summed E-state index contributed by atoms with van der Waals surface area (Å²) in [5, 5.41) is 6.99. The van der Waals surface area contributed by atoms with Gasteiger partial charge < -0.3 is 15.4 Å². The normalized spacial score (nSPS) is 22.1. The number of para-hydroxylation sites is 1. The van der Waals surface area contributed by atoms with E-state index >= 15 is 0 Å². The van der Waals surface area contributed by atoms with Gasteiger partial charge in [0.1, 0.15) is 0 Å². The van der Waals surface area contributed by atoms with Crippen molar-refractivity contribution in [3.8, 4) is 0 Å². The standard InChI is InChI=1S/C13H19BrN2O/c1-10(8-11-9-17-7-6-15-11)16-13-5-3-2-4-12(13)14/h2-5,10-11,15-16H,6-9H2,1H3. The largest absolute Gasteiger partial charge is 0.382 e. The number of rotatable bonds is 4. The van der Waals surface area contributed by atoms with Crippen molar-refractivity contribution >= 4 is 21.6 Å². The van der Waals surface area contributed by atoms with Crippen LogP contribution in [0.5, 0.6) is 0 Å². The molecule has 4 heteroatoms. The fraction of sp³-hybridized carbons (Fsp3) is 0.538. The molecular weight excluding hydrogens is 280 g/mol. The number of hydrogen-bond donors (Lipinski definition) is 2. The van der Waals surface area contributed by atoms with Crippen LogP contribution < -0.4 is 10.6 Å². The molecule has 1 aliphatic heterocycles. The first-order chi connectivity index (χ1) is 8.25. The van der Waals surface area contributed by atoms with Gasteiger partial charge in [0.05, 0.1) is 13.2 Å². The number of morpholine rings is 1. The maximum atomic E-state index is 5.46. The summed E-state index contributed by atoms with van der Waals surface area (Å²) in [6.07, 6.45) is 1.07. The molecule has 3 nitrogen and oxygen atoms in total. The van der Waals surface area contributed by atoms with Crippen LogP contribution in [0.4, 0.5) is 5.69 Å². The minimum atomic E-state index is 0.424. The van der Waals surface area contributed by atoms with Crippen LogP contribution in [-0.4, -0.2) is 31.8 Å². The van der Waals surface area contributed by atoms with E-state index < -0.39 is 0 Å². The van der Waals surface area contributed by atoms with E-state index in [1.165, 1.54) is 0 Å². The van der Waals surface area contributed by atoms with Gasteiger partial charge in [-0.2, -0.15) is 0 Å². The van der Waals surface area contributed by atoms with E-state index in [9.17, 15) is 0 Å². The van der Waals surface area contributed by atoms with Crippen molar-refractivity contribution in [2.75, 3.05) is 25.1 Å². The SMILES string of the molecule is CC(CC1COCCN1)Nc1ccccc1Br. The molecule has 17 heavy (non-hydrogen) atoms. The molecule has 0 aromatic heterocycles. The highest BCUT2D eigenvalue weighted by atomic mass is 79.9. The molecule has 0 bridgehead atoms. The van der Waals surface area contributed by atoms with Gasteiger partial charge >= 0.3 is 0 Å². The first-order valence-corrected chi connectivity index (χ1v) is 6.87. The fourth-order valence-corrected chi connectivity index (χ4v) is 2.50. The van der Waals surface area contributed by atoms with Crippen molar-refractivity contribution in [2.24, 2.45) is 0 Å². The molecule has 0 saturated carbocycles. The van der Waals surface area contributed by atoms with Gasteiger partial charge in [0, 0.05) is 28.8 Å². The third kappa shape index (κ3) is 3.98. The zero-order valence-electron chi connectivity index (χ0n) is 10.1. The van der Waals surface area contributed by atoms with Crippen LogP contribution in [0.25, 0.3) is 0 Å². The quantitative estimate of drug-likeness (QED) is 0.896. The number of halogens is 1. The van der Waals surface area contributed by atoms with Gasteiger partial charge in [-0.25, -0.2) is 0 Å². The van der Waals surface area contributed by atoms with Crippen molar-refractivity contribution in [1.29, 1.82) is 0 Å². The van der Waals surface area contributed by atoms with Gasteiger partial charge in [-0.05, 0) is 41.4 Å². The van der Waals surface area contributed by atoms with Crippen molar-refractivity contribution in [1.82, 2.24) is 5.32 Å². The Morgan fingerprint density at radius 2 is 2.35 bits per heavy atom. The Morgan fingerprint density at radius 1 is 1.53 bits per heavy atom. The molecular formula is C13H19BrN2O. The average molecular weight is 299 g/mol. The van der Waals surface area contributed by atoms with Crippen molar-refractivity contribution in [2.45, 2.75) is 25.4 Å². The van der Waals surface area contributed by atoms with E-state index in [2.05, 4.69) is 45.6 Å². The maximum absolute atomic E-state index is 5.46. The second-order valence-corrected chi connectivity index (χ2v) is 5.34. The molecule has 0 amide bonds. The molecule has 1 saturated heterocycles. The van der Waals surface area contributed by atoms with Crippen LogP contribution in [0.3, 0.4) is 0 Å². The first-order valence-electron chi connectivity index (χ1n) is 6.08. The number of ether oxygens (including phenoxy) is 1. The van der Waals surface area contributed by atoms with Crippen LogP contribution in [-0.2, 0) is 4.74 Å². The Balaban J connectivity index is 1.84. The Morgan fingerprint density at radius 3 is 3.06 bits per heavy atom. The maximum Gasteiger partial charge on any atom is 0.0621 e. The molecule has 94 valence electrons. The Hall–Kier alpha value is -0.580. The monoisotopic (exact) mass is 298 g/mol. The molecule has 2 N–H and O–H groups in total. The van der Waals surface area contributed by atoms with E-state index in [-0.39, 0.29) is 0 Å². The highest BCUT2D eigenvalue weighted by molar-refractivity contribution is 9.10.